The van der Waals surface area contributed by atoms with Gasteiger partial charge in [-0.3, -0.25) is 20.0 Å². The van der Waals surface area contributed by atoms with Crippen molar-refractivity contribution in [2.24, 2.45) is 10.8 Å². The number of nitrogens with zero attached hydrogens (tertiary/aromatic N) is 2. The molecule has 4 atom stereocenters. The minimum Gasteiger partial charge on any atom is -0.447 e. The lowest BCUT2D eigenvalue weighted by Crippen LogP contribution is -2.61. The Morgan fingerprint density at radius 2 is 1.13 bits per heavy atom. The molecule has 384 valence electrons. The van der Waals surface area contributed by atoms with E-state index >= 15 is 0 Å². The molecule has 4 amide bonds. The van der Waals surface area contributed by atoms with Crippen molar-refractivity contribution < 1.29 is 74.5 Å². The molecule has 0 bridgehead atoms. The largest absolute Gasteiger partial charge is 0.447 e. The second-order valence-corrected chi connectivity index (χ2v) is 16.7. The van der Waals surface area contributed by atoms with Gasteiger partial charge in [0, 0.05) is 51.4 Å². The van der Waals surface area contributed by atoms with Crippen LogP contribution >= 0.6 is 0 Å². The van der Waals surface area contributed by atoms with Gasteiger partial charge < -0.3 is 59.0 Å². The molecule has 1 aromatic heterocycles. The Balaban J connectivity index is 2.03. The maximum Gasteiger partial charge on any atom is 0.407 e. The first kappa shape index (κ1) is 44.9. The van der Waals surface area contributed by atoms with Crippen molar-refractivity contribution in [1.82, 2.24) is 31.4 Å². The van der Waals surface area contributed by atoms with Crippen LogP contribution in [0.5, 0.6) is 0 Å². The van der Waals surface area contributed by atoms with E-state index in [4.69, 9.17) is 50.2 Å². The van der Waals surface area contributed by atoms with E-state index in [-0.39, 0.29) is 52.6 Å². The SMILES string of the molecule is [2H]C([2H])([2H])C([C@H](NC(=O)OCCOCCOCCOC)C(=O)N[C@@H](Cc1ccccc1)[C@@H](O)CN(Cc1ccc(-c2ccccn2)cc1)NC(=O)[C@@H](NC(=O)OCCOCCOCCOC)C(C)(C)C)(C([2H])([2H])[2H])C([2H])([2H])[2H]. The monoisotopic (exact) mass is 978 g/mol. The number of hydrazine groups is 1. The highest BCUT2D eigenvalue weighted by Crippen LogP contribution is 2.23. The predicted molar refractivity (Wildman–Crippen MR) is 259 cm³/mol. The third kappa shape index (κ3) is 23.7. The number of benzene rings is 2. The number of aromatic nitrogens is 1. The number of pyridine rings is 1. The number of carbonyl (C=O) groups excluding carboxylic acids is 4. The first-order valence-electron chi connectivity index (χ1n) is 27.0. The van der Waals surface area contributed by atoms with E-state index in [0.717, 1.165) is 5.56 Å². The summed E-state index contributed by atoms with van der Waals surface area (Å²) in [6.45, 7) is -6.22. The van der Waals surface area contributed by atoms with E-state index in [1.165, 1.54) is 12.1 Å². The number of nitrogens with one attached hydrogen (secondary N) is 4. The van der Waals surface area contributed by atoms with Crippen LogP contribution in [0.15, 0.2) is 79.0 Å². The number of hydrogen-bond acceptors (Lipinski definition) is 15. The fraction of sp³-hybridized carbons (Fsp3) is 0.580. The van der Waals surface area contributed by atoms with Crippen molar-refractivity contribution in [2.75, 3.05) is 100 Å². The summed E-state index contributed by atoms with van der Waals surface area (Å²) in [6, 6.07) is 15.1. The Morgan fingerprint density at radius 3 is 1.62 bits per heavy atom. The highest BCUT2D eigenvalue weighted by molar-refractivity contribution is 5.87. The van der Waals surface area contributed by atoms with Crippen molar-refractivity contribution in [3.63, 3.8) is 0 Å². The van der Waals surface area contributed by atoms with Gasteiger partial charge in [-0.15, -0.1) is 0 Å². The molecule has 0 aliphatic heterocycles. The number of amides is 4. The summed E-state index contributed by atoms with van der Waals surface area (Å²) in [5.74, 6) is -2.37. The molecule has 0 unspecified atom stereocenters. The summed E-state index contributed by atoms with van der Waals surface area (Å²) in [5, 5.41) is 20.6. The van der Waals surface area contributed by atoms with E-state index in [1.807, 2.05) is 17.4 Å². The lowest BCUT2D eigenvalue weighted by atomic mass is 9.85. The van der Waals surface area contributed by atoms with Crippen LogP contribution in [0.3, 0.4) is 0 Å². The zero-order valence-electron chi connectivity index (χ0n) is 49.2. The molecule has 19 nitrogen and oxygen atoms in total. The summed E-state index contributed by atoms with van der Waals surface area (Å²) in [7, 11) is 3.06. The Morgan fingerprint density at radius 1 is 0.623 bits per heavy atom. The van der Waals surface area contributed by atoms with Crippen molar-refractivity contribution in [2.45, 2.75) is 78.5 Å². The average molecular weight is 978 g/mol. The minimum absolute atomic E-state index is 0.0337. The van der Waals surface area contributed by atoms with E-state index < -0.39 is 92.8 Å². The van der Waals surface area contributed by atoms with Gasteiger partial charge in [0.2, 0.25) is 5.91 Å². The number of methoxy groups -OCH3 is 2. The molecule has 0 saturated heterocycles. The normalized spacial score (nSPS) is 16.0. The predicted octanol–water partition coefficient (Wildman–Crippen LogP) is 4.31. The number of rotatable bonds is 32. The van der Waals surface area contributed by atoms with E-state index in [2.05, 4.69) is 21.0 Å². The first-order chi connectivity index (χ1) is 36.8. The number of hydrogen-bond donors (Lipinski definition) is 5. The molecular formula is C50H76N6O13. The maximum atomic E-state index is 14.8. The molecule has 69 heavy (non-hydrogen) atoms. The zero-order valence-corrected chi connectivity index (χ0v) is 40.2. The van der Waals surface area contributed by atoms with Crippen LogP contribution in [-0.2, 0) is 60.4 Å². The molecule has 1 heterocycles. The number of ether oxygens (including phenoxy) is 8. The molecule has 5 N–H and O–H groups in total. The summed E-state index contributed by atoms with van der Waals surface area (Å²) in [4.78, 5) is 60.2. The lowest BCUT2D eigenvalue weighted by molar-refractivity contribution is -0.132. The number of alkyl carbamates (subject to hydrolysis) is 2. The molecule has 19 heteroatoms. The van der Waals surface area contributed by atoms with Crippen LogP contribution in [0.2, 0.25) is 0 Å². The van der Waals surface area contributed by atoms with Crippen molar-refractivity contribution in [3.05, 3.63) is 90.1 Å². The fourth-order valence-electron chi connectivity index (χ4n) is 6.36. The van der Waals surface area contributed by atoms with E-state index in [0.29, 0.717) is 49.9 Å². The van der Waals surface area contributed by atoms with Gasteiger partial charge in [0.05, 0.1) is 83.9 Å². The molecule has 0 fully saturated rings. The number of carbonyl (C=O) groups is 4. The lowest BCUT2D eigenvalue weighted by Gasteiger charge is -2.36. The second kappa shape index (κ2) is 31.8. The van der Waals surface area contributed by atoms with Gasteiger partial charge in [-0.25, -0.2) is 14.6 Å². The van der Waals surface area contributed by atoms with Crippen LogP contribution in [0.1, 0.15) is 64.8 Å². The van der Waals surface area contributed by atoms with Crippen LogP contribution in [0.4, 0.5) is 9.59 Å². The minimum atomic E-state index is -4.00. The third-order valence-corrected chi connectivity index (χ3v) is 9.93. The maximum absolute atomic E-state index is 14.8. The third-order valence-electron chi connectivity index (χ3n) is 9.93. The Labute approximate surface area is 420 Å². The molecule has 2 aromatic carbocycles. The van der Waals surface area contributed by atoms with Gasteiger partial charge in [-0.1, -0.05) is 102 Å². The topological polar surface area (TPSA) is 227 Å². The Hall–Kier alpha value is -5.25. The van der Waals surface area contributed by atoms with Gasteiger partial charge in [0.25, 0.3) is 5.91 Å². The van der Waals surface area contributed by atoms with Gasteiger partial charge in [-0.05, 0) is 40.5 Å². The van der Waals surface area contributed by atoms with Gasteiger partial charge in [-0.2, -0.15) is 0 Å². The summed E-state index contributed by atoms with van der Waals surface area (Å²) in [5.41, 5.74) is 0.378. The molecule has 0 aliphatic rings. The van der Waals surface area contributed by atoms with Crippen LogP contribution < -0.4 is 21.4 Å². The molecule has 0 radical (unpaired) electrons. The fourth-order valence-corrected chi connectivity index (χ4v) is 6.36. The quantitative estimate of drug-likeness (QED) is 0.0434. The van der Waals surface area contributed by atoms with Crippen molar-refractivity contribution in [3.8, 4) is 11.3 Å². The van der Waals surface area contributed by atoms with Crippen LogP contribution in [-0.4, -0.2) is 163 Å². The summed E-state index contributed by atoms with van der Waals surface area (Å²) in [6.07, 6.45) is -2.86. The average Bonchev–Trinajstić information content (AvgIpc) is 3.49. The smallest absolute Gasteiger partial charge is 0.407 e. The molecule has 0 saturated carbocycles. The highest BCUT2D eigenvalue weighted by atomic mass is 16.6. The van der Waals surface area contributed by atoms with Gasteiger partial charge in [0.1, 0.15) is 25.3 Å². The van der Waals surface area contributed by atoms with Crippen molar-refractivity contribution >= 4 is 24.0 Å². The molecular weight excluding hydrogens is 893 g/mol. The molecule has 3 rings (SSSR count). The molecule has 3 aromatic rings. The standard InChI is InChI=1S/C50H76N6O13/c1-49(2,3)43(53-47(60)68-32-30-66-28-26-64-24-22-62-7)45(58)52-41(34-37-14-10-9-11-15-37)42(57)36-56(35-38-17-19-39(20-18-38)40-16-12-13-21-51-40)55-46(59)44(50(4,5)6)54-48(61)69-33-31-67-29-27-65-25-23-63-8/h9-21,41-44,57H,22-36H2,1-8H3,(H,52,58)(H,53,60)(H,54,61)(H,55,59)/t41-,42-,43+,44+/m0/s1/i1D3,2D3,3D3. The molecule has 0 spiro atoms. The zero-order chi connectivity index (χ0) is 58.0. The Kier molecular flexibility index (Phi) is 20.7. The number of aliphatic hydroxyl groups excluding tert-OH is 1. The second-order valence-electron chi connectivity index (χ2n) is 16.7. The first-order valence-corrected chi connectivity index (χ1v) is 22.5. The van der Waals surface area contributed by atoms with E-state index in [1.54, 1.807) is 94.7 Å². The highest BCUT2D eigenvalue weighted by Gasteiger charge is 2.37. The van der Waals surface area contributed by atoms with Gasteiger partial charge in [0.15, 0.2) is 0 Å². The van der Waals surface area contributed by atoms with Crippen LogP contribution in [0.25, 0.3) is 11.3 Å². The molecule has 0 aliphatic carbocycles. The van der Waals surface area contributed by atoms with Crippen molar-refractivity contribution in [1.29, 1.82) is 0 Å². The summed E-state index contributed by atoms with van der Waals surface area (Å²) < 4.78 is 118. The Bertz CT molecular complexity index is 2190. The van der Waals surface area contributed by atoms with Crippen LogP contribution in [0, 0.1) is 10.8 Å². The van der Waals surface area contributed by atoms with E-state index in [9.17, 15) is 24.3 Å². The summed E-state index contributed by atoms with van der Waals surface area (Å²) >= 11 is 0. The van der Waals surface area contributed by atoms with Gasteiger partial charge >= 0.3 is 12.2 Å². The number of aliphatic hydroxyl groups is 1.